The maximum absolute atomic E-state index is 10.0. The molecule has 0 spiro atoms. The van der Waals surface area contributed by atoms with Crippen molar-refractivity contribution in [1.82, 2.24) is 5.32 Å². The molecule has 0 bridgehead atoms. The van der Waals surface area contributed by atoms with Gasteiger partial charge in [0.25, 0.3) is 0 Å². The predicted octanol–water partition coefficient (Wildman–Crippen LogP) is 1.60. The van der Waals surface area contributed by atoms with Crippen LogP contribution in [0.25, 0.3) is 0 Å². The van der Waals surface area contributed by atoms with Crippen LogP contribution in [0, 0.1) is 0 Å². The van der Waals surface area contributed by atoms with E-state index in [1.54, 1.807) is 0 Å². The Bertz CT molecular complexity index is 194. The van der Waals surface area contributed by atoms with Gasteiger partial charge in [0.05, 0.1) is 6.10 Å². The van der Waals surface area contributed by atoms with Crippen LogP contribution in [-0.4, -0.2) is 23.8 Å². The van der Waals surface area contributed by atoms with Crippen LogP contribution in [0.1, 0.15) is 38.5 Å². The van der Waals surface area contributed by atoms with Crippen LogP contribution >= 0.6 is 0 Å². The zero-order valence-corrected chi connectivity index (χ0v) is 8.13. The Labute approximate surface area is 80.0 Å². The Morgan fingerprint density at radius 2 is 2.31 bits per heavy atom. The highest BCUT2D eigenvalue weighted by Gasteiger charge is 2.25. The normalized spacial score (nSPS) is 31.5. The maximum Gasteiger partial charge on any atom is 0.0903 e. The quantitative estimate of drug-likeness (QED) is 0.634. The van der Waals surface area contributed by atoms with E-state index >= 15 is 0 Å². The van der Waals surface area contributed by atoms with Crippen LogP contribution in [0.15, 0.2) is 11.6 Å². The van der Waals surface area contributed by atoms with Gasteiger partial charge in [-0.15, -0.1) is 0 Å². The molecule has 1 fully saturated rings. The number of hydrogen-bond donors (Lipinski definition) is 2. The van der Waals surface area contributed by atoms with Crippen molar-refractivity contribution < 1.29 is 5.11 Å². The van der Waals surface area contributed by atoms with Gasteiger partial charge in [0.1, 0.15) is 0 Å². The minimum atomic E-state index is -0.206. The molecule has 13 heavy (non-hydrogen) atoms. The molecule has 2 unspecified atom stereocenters. The smallest absolute Gasteiger partial charge is 0.0903 e. The summed E-state index contributed by atoms with van der Waals surface area (Å²) in [6.45, 7) is 1.08. The summed E-state index contributed by atoms with van der Waals surface area (Å²) in [5, 5.41) is 13.4. The Balaban J connectivity index is 1.94. The highest BCUT2D eigenvalue weighted by Crippen LogP contribution is 2.24. The highest BCUT2D eigenvalue weighted by atomic mass is 16.3. The van der Waals surface area contributed by atoms with Gasteiger partial charge in [0, 0.05) is 6.04 Å². The molecular weight excluding hydrogens is 162 g/mol. The molecule has 2 N–H and O–H groups in total. The largest absolute Gasteiger partial charge is 0.387 e. The van der Waals surface area contributed by atoms with Crippen molar-refractivity contribution in [1.29, 1.82) is 0 Å². The van der Waals surface area contributed by atoms with Gasteiger partial charge in [-0.25, -0.2) is 0 Å². The number of allylic oxidation sites excluding steroid dienone is 1. The minimum Gasteiger partial charge on any atom is -0.387 e. The van der Waals surface area contributed by atoms with Crippen molar-refractivity contribution in [3.63, 3.8) is 0 Å². The molecule has 0 aromatic heterocycles. The summed E-state index contributed by atoms with van der Waals surface area (Å²) in [4.78, 5) is 0. The van der Waals surface area contributed by atoms with Crippen LogP contribution in [-0.2, 0) is 0 Å². The van der Waals surface area contributed by atoms with E-state index in [4.69, 9.17) is 0 Å². The number of aliphatic hydroxyl groups excluding tert-OH is 1. The molecule has 1 aliphatic carbocycles. The summed E-state index contributed by atoms with van der Waals surface area (Å²) in [6.07, 6.45) is 9.23. The van der Waals surface area contributed by atoms with Crippen LogP contribution in [0.5, 0.6) is 0 Å². The van der Waals surface area contributed by atoms with Crippen molar-refractivity contribution in [2.45, 2.75) is 50.7 Å². The topological polar surface area (TPSA) is 32.3 Å². The van der Waals surface area contributed by atoms with E-state index in [2.05, 4.69) is 11.4 Å². The third-order valence-corrected chi connectivity index (χ3v) is 3.19. The van der Waals surface area contributed by atoms with Gasteiger partial charge in [-0.1, -0.05) is 6.08 Å². The number of hydrogen-bond acceptors (Lipinski definition) is 2. The van der Waals surface area contributed by atoms with E-state index in [-0.39, 0.29) is 6.10 Å². The molecule has 1 heterocycles. The summed E-state index contributed by atoms with van der Waals surface area (Å²) < 4.78 is 0. The summed E-state index contributed by atoms with van der Waals surface area (Å²) in [5.74, 6) is 0. The fourth-order valence-corrected chi connectivity index (χ4v) is 2.37. The first-order valence-corrected chi connectivity index (χ1v) is 5.48. The third-order valence-electron chi connectivity index (χ3n) is 3.19. The fraction of sp³-hybridized carbons (Fsp3) is 0.818. The van der Waals surface area contributed by atoms with Crippen molar-refractivity contribution in [3.8, 4) is 0 Å². The van der Waals surface area contributed by atoms with E-state index in [9.17, 15) is 5.11 Å². The number of rotatable bonds is 2. The molecule has 1 saturated heterocycles. The van der Waals surface area contributed by atoms with E-state index in [0.717, 1.165) is 19.4 Å². The predicted molar refractivity (Wildman–Crippen MR) is 53.6 cm³/mol. The SMILES string of the molecule is OC(C1=CCCCC1)C1CCCN1. The minimum absolute atomic E-state index is 0.206. The molecule has 2 nitrogen and oxygen atoms in total. The molecular formula is C11H19NO. The van der Waals surface area contributed by atoms with Gasteiger partial charge in [-0.3, -0.25) is 0 Å². The van der Waals surface area contributed by atoms with Crippen molar-refractivity contribution >= 4 is 0 Å². The molecule has 74 valence electrons. The van der Waals surface area contributed by atoms with Gasteiger partial charge in [-0.05, 0) is 50.6 Å². The molecule has 0 amide bonds. The molecule has 0 aromatic carbocycles. The third kappa shape index (κ3) is 2.12. The molecule has 2 heteroatoms. The van der Waals surface area contributed by atoms with Crippen LogP contribution < -0.4 is 5.32 Å². The standard InChI is InChI=1S/C11H19NO/c13-11(10-7-4-8-12-10)9-5-2-1-3-6-9/h5,10-13H,1-4,6-8H2. The lowest BCUT2D eigenvalue weighted by Gasteiger charge is -2.23. The van der Waals surface area contributed by atoms with Crippen molar-refractivity contribution in [2.75, 3.05) is 6.54 Å². The van der Waals surface area contributed by atoms with E-state index in [1.807, 2.05) is 0 Å². The molecule has 0 radical (unpaired) electrons. The summed E-state index contributed by atoms with van der Waals surface area (Å²) in [7, 11) is 0. The fourth-order valence-electron chi connectivity index (χ4n) is 2.37. The molecule has 2 aliphatic rings. The lowest BCUT2D eigenvalue weighted by atomic mass is 9.91. The van der Waals surface area contributed by atoms with E-state index in [1.165, 1.54) is 31.3 Å². The van der Waals surface area contributed by atoms with Gasteiger partial charge in [0.2, 0.25) is 0 Å². The second-order valence-electron chi connectivity index (χ2n) is 4.17. The first kappa shape index (κ1) is 9.22. The number of aliphatic hydroxyl groups is 1. The zero-order chi connectivity index (χ0) is 9.10. The molecule has 0 saturated carbocycles. The van der Waals surface area contributed by atoms with Crippen molar-refractivity contribution in [3.05, 3.63) is 11.6 Å². The van der Waals surface area contributed by atoms with Gasteiger partial charge in [-0.2, -0.15) is 0 Å². The first-order chi connectivity index (χ1) is 6.38. The van der Waals surface area contributed by atoms with Crippen LogP contribution in [0.3, 0.4) is 0 Å². The molecule has 2 rings (SSSR count). The zero-order valence-electron chi connectivity index (χ0n) is 8.13. The highest BCUT2D eigenvalue weighted by molar-refractivity contribution is 5.14. The summed E-state index contributed by atoms with van der Waals surface area (Å²) in [6, 6.07) is 0.337. The average molecular weight is 181 g/mol. The lowest BCUT2D eigenvalue weighted by Crippen LogP contribution is -2.36. The molecule has 0 aromatic rings. The Kier molecular flexibility index (Phi) is 3.01. The second-order valence-corrected chi connectivity index (χ2v) is 4.17. The van der Waals surface area contributed by atoms with Gasteiger partial charge >= 0.3 is 0 Å². The molecule has 2 atom stereocenters. The van der Waals surface area contributed by atoms with E-state index < -0.39 is 0 Å². The van der Waals surface area contributed by atoms with Gasteiger partial charge < -0.3 is 10.4 Å². The Morgan fingerprint density at radius 3 is 2.92 bits per heavy atom. The van der Waals surface area contributed by atoms with Gasteiger partial charge in [0.15, 0.2) is 0 Å². The Hall–Kier alpha value is -0.340. The van der Waals surface area contributed by atoms with Crippen molar-refractivity contribution in [2.24, 2.45) is 0 Å². The second kappa shape index (κ2) is 4.25. The first-order valence-electron chi connectivity index (χ1n) is 5.48. The molecule has 1 aliphatic heterocycles. The lowest BCUT2D eigenvalue weighted by molar-refractivity contribution is 0.164. The average Bonchev–Trinajstić information content (AvgIpc) is 2.71. The maximum atomic E-state index is 10.0. The van der Waals surface area contributed by atoms with Crippen LogP contribution in [0.2, 0.25) is 0 Å². The number of nitrogens with one attached hydrogen (secondary N) is 1. The monoisotopic (exact) mass is 181 g/mol. The summed E-state index contributed by atoms with van der Waals surface area (Å²) in [5.41, 5.74) is 1.28. The Morgan fingerprint density at radius 1 is 1.38 bits per heavy atom. The summed E-state index contributed by atoms with van der Waals surface area (Å²) >= 11 is 0. The van der Waals surface area contributed by atoms with E-state index in [0.29, 0.717) is 6.04 Å². The van der Waals surface area contributed by atoms with Crippen LogP contribution in [0.4, 0.5) is 0 Å².